The lowest BCUT2D eigenvalue weighted by Gasteiger charge is -2.29. The summed E-state index contributed by atoms with van der Waals surface area (Å²) in [6, 6.07) is 9.55. The lowest BCUT2D eigenvalue weighted by Crippen LogP contribution is -2.49. The van der Waals surface area contributed by atoms with Gasteiger partial charge in [0.15, 0.2) is 0 Å². The first-order valence-corrected chi connectivity index (χ1v) is 5.89. The summed E-state index contributed by atoms with van der Waals surface area (Å²) >= 11 is 0. The molecule has 0 aliphatic heterocycles. The van der Waals surface area contributed by atoms with E-state index in [9.17, 15) is 4.79 Å². The van der Waals surface area contributed by atoms with E-state index in [1.165, 1.54) is 6.42 Å². The van der Waals surface area contributed by atoms with Crippen molar-refractivity contribution in [2.45, 2.75) is 37.8 Å². The van der Waals surface area contributed by atoms with Gasteiger partial charge in [-0.3, -0.25) is 4.79 Å². The number of benzene rings is 1. The van der Waals surface area contributed by atoms with Gasteiger partial charge in [-0.05, 0) is 25.0 Å². The lowest BCUT2D eigenvalue weighted by molar-refractivity contribution is 0.0921. The lowest BCUT2D eigenvalue weighted by atomic mass is 9.91. The molecule has 2 atom stereocenters. The van der Waals surface area contributed by atoms with Gasteiger partial charge in [0.05, 0.1) is 0 Å². The summed E-state index contributed by atoms with van der Waals surface area (Å²) < 4.78 is 0. The van der Waals surface area contributed by atoms with Crippen molar-refractivity contribution in [3.63, 3.8) is 0 Å². The molecule has 3 nitrogen and oxygen atoms in total. The molecule has 1 amide bonds. The number of nitrogens with two attached hydrogens (primary N) is 1. The fraction of sp³-hybridized carbons (Fsp3) is 0.462. The Hall–Kier alpha value is -1.35. The number of amides is 1. The molecule has 0 radical (unpaired) electrons. The molecular formula is C13H18N2O. The summed E-state index contributed by atoms with van der Waals surface area (Å²) in [5.41, 5.74) is 6.70. The third kappa shape index (κ3) is 2.61. The monoisotopic (exact) mass is 218 g/mol. The van der Waals surface area contributed by atoms with E-state index in [-0.39, 0.29) is 18.0 Å². The normalized spacial score (nSPS) is 25.1. The van der Waals surface area contributed by atoms with Crippen molar-refractivity contribution in [3.05, 3.63) is 35.9 Å². The Morgan fingerprint density at radius 3 is 2.56 bits per heavy atom. The van der Waals surface area contributed by atoms with Gasteiger partial charge < -0.3 is 11.1 Å². The third-order valence-electron chi connectivity index (χ3n) is 3.17. The second kappa shape index (κ2) is 5.12. The predicted molar refractivity (Wildman–Crippen MR) is 64.1 cm³/mol. The standard InChI is InChI=1S/C13H18N2O/c14-11-8-4-5-9-12(11)15-13(16)10-6-2-1-3-7-10/h1-3,6-7,11-12H,4-5,8-9,14H2,(H,15,16)/t11-,12?/m0/s1. The highest BCUT2D eigenvalue weighted by atomic mass is 16.1. The van der Waals surface area contributed by atoms with Crippen LogP contribution in [0, 0.1) is 0 Å². The summed E-state index contributed by atoms with van der Waals surface area (Å²) in [4.78, 5) is 11.9. The van der Waals surface area contributed by atoms with Crippen molar-refractivity contribution in [3.8, 4) is 0 Å². The van der Waals surface area contributed by atoms with Crippen LogP contribution in [0.2, 0.25) is 0 Å². The average Bonchev–Trinajstić information content (AvgIpc) is 2.33. The zero-order valence-electron chi connectivity index (χ0n) is 9.36. The summed E-state index contributed by atoms with van der Waals surface area (Å²) in [6.07, 6.45) is 4.35. The first-order valence-electron chi connectivity index (χ1n) is 5.89. The first kappa shape index (κ1) is 11.1. The van der Waals surface area contributed by atoms with E-state index in [0.29, 0.717) is 5.56 Å². The number of hydrogen-bond acceptors (Lipinski definition) is 2. The number of carbonyl (C=O) groups excluding carboxylic acids is 1. The molecule has 1 fully saturated rings. The highest BCUT2D eigenvalue weighted by Crippen LogP contribution is 2.17. The maximum Gasteiger partial charge on any atom is 0.251 e. The average molecular weight is 218 g/mol. The molecule has 1 saturated carbocycles. The Bertz CT molecular complexity index is 350. The molecule has 2 rings (SSSR count). The molecule has 0 spiro atoms. The fourth-order valence-corrected chi connectivity index (χ4v) is 2.18. The first-order chi connectivity index (χ1) is 7.77. The molecule has 3 N–H and O–H groups in total. The van der Waals surface area contributed by atoms with Gasteiger partial charge in [0.2, 0.25) is 0 Å². The summed E-state index contributed by atoms with van der Waals surface area (Å²) in [7, 11) is 0. The quantitative estimate of drug-likeness (QED) is 0.793. The van der Waals surface area contributed by atoms with Gasteiger partial charge in [0.1, 0.15) is 0 Å². The molecular weight excluding hydrogens is 200 g/mol. The number of carbonyl (C=O) groups is 1. The number of hydrogen-bond donors (Lipinski definition) is 2. The van der Waals surface area contributed by atoms with Crippen molar-refractivity contribution in [2.75, 3.05) is 0 Å². The van der Waals surface area contributed by atoms with E-state index >= 15 is 0 Å². The van der Waals surface area contributed by atoms with Crippen LogP contribution in [-0.4, -0.2) is 18.0 Å². The van der Waals surface area contributed by atoms with E-state index < -0.39 is 0 Å². The van der Waals surface area contributed by atoms with Crippen LogP contribution in [-0.2, 0) is 0 Å². The van der Waals surface area contributed by atoms with Gasteiger partial charge in [-0.15, -0.1) is 0 Å². The minimum absolute atomic E-state index is 0.0112. The minimum atomic E-state index is -0.0112. The molecule has 86 valence electrons. The second-order valence-electron chi connectivity index (χ2n) is 4.39. The summed E-state index contributed by atoms with van der Waals surface area (Å²) in [6.45, 7) is 0. The SMILES string of the molecule is N[C@H]1CCCCC1NC(=O)c1ccccc1. The van der Waals surface area contributed by atoms with E-state index in [1.807, 2.05) is 30.3 Å². The molecule has 1 aromatic carbocycles. The smallest absolute Gasteiger partial charge is 0.251 e. The van der Waals surface area contributed by atoms with Gasteiger partial charge in [-0.2, -0.15) is 0 Å². The van der Waals surface area contributed by atoms with E-state index in [0.717, 1.165) is 19.3 Å². The predicted octanol–water partition coefficient (Wildman–Crippen LogP) is 1.69. The minimum Gasteiger partial charge on any atom is -0.348 e. The fourth-order valence-electron chi connectivity index (χ4n) is 2.18. The van der Waals surface area contributed by atoms with Crippen LogP contribution in [0.5, 0.6) is 0 Å². The van der Waals surface area contributed by atoms with Gasteiger partial charge >= 0.3 is 0 Å². The van der Waals surface area contributed by atoms with Crippen LogP contribution in [0.1, 0.15) is 36.0 Å². The van der Waals surface area contributed by atoms with Crippen LogP contribution in [0.25, 0.3) is 0 Å². The van der Waals surface area contributed by atoms with Gasteiger partial charge in [-0.25, -0.2) is 0 Å². The second-order valence-corrected chi connectivity index (χ2v) is 4.39. The van der Waals surface area contributed by atoms with Crippen LogP contribution in [0.4, 0.5) is 0 Å². The Balaban J connectivity index is 1.96. The van der Waals surface area contributed by atoms with Crippen molar-refractivity contribution in [1.29, 1.82) is 0 Å². The maximum atomic E-state index is 11.9. The van der Waals surface area contributed by atoms with Crippen LogP contribution < -0.4 is 11.1 Å². The van der Waals surface area contributed by atoms with Crippen LogP contribution in [0.3, 0.4) is 0 Å². The number of rotatable bonds is 2. The van der Waals surface area contributed by atoms with Crippen molar-refractivity contribution >= 4 is 5.91 Å². The Morgan fingerprint density at radius 2 is 1.88 bits per heavy atom. The largest absolute Gasteiger partial charge is 0.348 e. The van der Waals surface area contributed by atoms with E-state index in [2.05, 4.69) is 5.32 Å². The van der Waals surface area contributed by atoms with Crippen LogP contribution >= 0.6 is 0 Å². The zero-order valence-corrected chi connectivity index (χ0v) is 9.36. The molecule has 16 heavy (non-hydrogen) atoms. The molecule has 1 aromatic rings. The van der Waals surface area contributed by atoms with E-state index in [4.69, 9.17) is 5.73 Å². The van der Waals surface area contributed by atoms with Crippen molar-refractivity contribution in [1.82, 2.24) is 5.32 Å². The zero-order chi connectivity index (χ0) is 11.4. The summed E-state index contributed by atoms with van der Waals surface area (Å²) in [5.74, 6) is -0.0112. The molecule has 3 heteroatoms. The van der Waals surface area contributed by atoms with Crippen molar-refractivity contribution in [2.24, 2.45) is 5.73 Å². The maximum absolute atomic E-state index is 11.9. The highest BCUT2D eigenvalue weighted by Gasteiger charge is 2.23. The molecule has 0 saturated heterocycles. The molecule has 1 aliphatic carbocycles. The van der Waals surface area contributed by atoms with Gasteiger partial charge in [0, 0.05) is 17.6 Å². The molecule has 1 aliphatic rings. The Morgan fingerprint density at radius 1 is 1.19 bits per heavy atom. The van der Waals surface area contributed by atoms with Crippen molar-refractivity contribution < 1.29 is 4.79 Å². The highest BCUT2D eigenvalue weighted by molar-refractivity contribution is 5.94. The topological polar surface area (TPSA) is 55.1 Å². The molecule has 0 bridgehead atoms. The summed E-state index contributed by atoms with van der Waals surface area (Å²) in [5, 5.41) is 3.02. The molecule has 0 aromatic heterocycles. The van der Waals surface area contributed by atoms with E-state index in [1.54, 1.807) is 0 Å². The van der Waals surface area contributed by atoms with Gasteiger partial charge in [-0.1, -0.05) is 31.0 Å². The Kier molecular flexibility index (Phi) is 3.57. The molecule has 1 unspecified atom stereocenters. The third-order valence-corrected chi connectivity index (χ3v) is 3.17. The Labute approximate surface area is 96.0 Å². The van der Waals surface area contributed by atoms with Crippen LogP contribution in [0.15, 0.2) is 30.3 Å². The number of nitrogens with one attached hydrogen (secondary N) is 1. The molecule has 0 heterocycles. The van der Waals surface area contributed by atoms with Gasteiger partial charge in [0.25, 0.3) is 5.91 Å².